The van der Waals surface area contributed by atoms with Crippen molar-refractivity contribution in [3.8, 4) is 0 Å². The summed E-state index contributed by atoms with van der Waals surface area (Å²) in [5, 5.41) is 3.15. The molecule has 2 fully saturated rings. The molecule has 0 radical (unpaired) electrons. The van der Waals surface area contributed by atoms with Crippen LogP contribution in [-0.2, 0) is 32.2 Å². The molecule has 1 saturated carbocycles. The highest BCUT2D eigenvalue weighted by atomic mass is 32.2. The monoisotopic (exact) mass is 549 g/mol. The summed E-state index contributed by atoms with van der Waals surface area (Å²) in [5.41, 5.74) is 1.81. The molecule has 2 aliphatic rings. The third-order valence-electron chi connectivity index (χ3n) is 8.31. The summed E-state index contributed by atoms with van der Waals surface area (Å²) < 4.78 is 40.7. The molecule has 1 heterocycles. The number of sulfonamides is 1. The van der Waals surface area contributed by atoms with Crippen LogP contribution in [-0.4, -0.2) is 51.7 Å². The van der Waals surface area contributed by atoms with E-state index in [2.05, 4.69) is 14.9 Å². The van der Waals surface area contributed by atoms with Gasteiger partial charge in [-0.25, -0.2) is 17.5 Å². The summed E-state index contributed by atoms with van der Waals surface area (Å²) >= 11 is 0. The highest BCUT2D eigenvalue weighted by Crippen LogP contribution is 2.55. The molecule has 3 aromatic rings. The summed E-state index contributed by atoms with van der Waals surface area (Å²) in [7, 11) is -3.40. The molecule has 2 unspecified atom stereocenters. The molecule has 1 aliphatic heterocycles. The predicted octanol–water partition coefficient (Wildman–Crippen LogP) is 3.98. The van der Waals surface area contributed by atoms with Crippen molar-refractivity contribution in [2.24, 2.45) is 5.92 Å². The lowest BCUT2D eigenvalue weighted by atomic mass is 9.81. The Morgan fingerprint density at radius 2 is 1.51 bits per heavy atom. The highest BCUT2D eigenvalue weighted by Gasteiger charge is 2.61. The molecule has 1 amide bonds. The summed E-state index contributed by atoms with van der Waals surface area (Å²) in [6, 6.07) is 26.2. The number of carbonyl (C=O) groups is 1. The first-order chi connectivity index (χ1) is 18.7. The van der Waals surface area contributed by atoms with E-state index in [0.717, 1.165) is 42.7 Å². The van der Waals surface area contributed by atoms with Crippen molar-refractivity contribution in [1.82, 2.24) is 14.9 Å². The van der Waals surface area contributed by atoms with E-state index in [0.29, 0.717) is 25.8 Å². The second-order valence-electron chi connectivity index (χ2n) is 11.0. The lowest BCUT2D eigenvalue weighted by Crippen LogP contribution is -2.53. The number of piperidine rings is 1. The molecule has 2 atom stereocenters. The van der Waals surface area contributed by atoms with E-state index in [1.165, 1.54) is 18.4 Å². The molecule has 39 heavy (non-hydrogen) atoms. The maximum atomic E-state index is 13.6. The lowest BCUT2D eigenvalue weighted by Gasteiger charge is -2.42. The minimum atomic E-state index is -3.40. The average molecular weight is 550 g/mol. The van der Waals surface area contributed by atoms with Gasteiger partial charge >= 0.3 is 0 Å². The molecule has 1 saturated heterocycles. The summed E-state index contributed by atoms with van der Waals surface area (Å²) in [5.74, 6) is -0.0505. The van der Waals surface area contributed by atoms with E-state index < -0.39 is 21.0 Å². The first-order valence-corrected chi connectivity index (χ1v) is 15.4. The summed E-state index contributed by atoms with van der Waals surface area (Å²) in [6.07, 6.45) is 3.97. The van der Waals surface area contributed by atoms with Crippen molar-refractivity contribution in [2.75, 3.05) is 32.4 Å². The van der Waals surface area contributed by atoms with Crippen molar-refractivity contribution in [3.05, 3.63) is 107 Å². The second kappa shape index (κ2) is 11.2. The Hall–Kier alpha value is -3.07. The van der Waals surface area contributed by atoms with E-state index in [1.807, 2.05) is 60.7 Å². The van der Waals surface area contributed by atoms with Crippen molar-refractivity contribution < 1.29 is 17.6 Å². The van der Waals surface area contributed by atoms with Crippen LogP contribution in [0.15, 0.2) is 84.9 Å². The van der Waals surface area contributed by atoms with Gasteiger partial charge in [-0.3, -0.25) is 4.79 Å². The molecule has 0 bridgehead atoms. The first kappa shape index (κ1) is 27.5. The molecule has 8 heteroatoms. The molecule has 1 aliphatic carbocycles. The summed E-state index contributed by atoms with van der Waals surface area (Å²) in [6.45, 7) is 2.76. The van der Waals surface area contributed by atoms with Crippen LogP contribution in [0.4, 0.5) is 4.39 Å². The fourth-order valence-corrected chi connectivity index (χ4v) is 7.20. The molecule has 5 rings (SSSR count). The van der Waals surface area contributed by atoms with E-state index >= 15 is 0 Å². The lowest BCUT2D eigenvalue weighted by molar-refractivity contribution is -0.124. The fourth-order valence-electron chi connectivity index (χ4n) is 6.17. The second-order valence-corrected chi connectivity index (χ2v) is 12.7. The molecule has 0 spiro atoms. The number of hydrogen-bond acceptors (Lipinski definition) is 4. The Bertz CT molecular complexity index is 1380. The Kier molecular flexibility index (Phi) is 7.89. The number of halogens is 1. The molecule has 2 N–H and O–H groups in total. The number of likely N-dealkylation sites (tertiary alicyclic amines) is 1. The number of rotatable bonds is 10. The Balaban J connectivity index is 1.25. The van der Waals surface area contributed by atoms with Crippen LogP contribution in [0.2, 0.25) is 0 Å². The number of nitrogens with zero attached hydrogens (tertiary/aromatic N) is 1. The quantitative estimate of drug-likeness (QED) is 0.401. The van der Waals surface area contributed by atoms with Crippen LogP contribution in [0.3, 0.4) is 0 Å². The van der Waals surface area contributed by atoms with Gasteiger partial charge in [-0.05, 0) is 60.4 Å². The van der Waals surface area contributed by atoms with Gasteiger partial charge in [0.2, 0.25) is 15.9 Å². The van der Waals surface area contributed by atoms with E-state index in [4.69, 9.17) is 0 Å². The van der Waals surface area contributed by atoms with E-state index in [-0.39, 0.29) is 17.6 Å². The molecular formula is C31H36FN3O3S. The van der Waals surface area contributed by atoms with Gasteiger partial charge in [0.05, 0.1) is 17.2 Å². The third-order valence-corrected chi connectivity index (χ3v) is 9.07. The predicted molar refractivity (Wildman–Crippen MR) is 151 cm³/mol. The van der Waals surface area contributed by atoms with Crippen LogP contribution in [0.25, 0.3) is 0 Å². The third kappa shape index (κ3) is 6.24. The van der Waals surface area contributed by atoms with Gasteiger partial charge in [-0.15, -0.1) is 0 Å². The van der Waals surface area contributed by atoms with Crippen molar-refractivity contribution >= 4 is 15.9 Å². The smallest absolute Gasteiger partial charge is 0.231 e. The normalized spacial score (nSPS) is 22.8. The zero-order valence-electron chi connectivity index (χ0n) is 22.3. The van der Waals surface area contributed by atoms with Gasteiger partial charge in [-0.2, -0.15) is 0 Å². The average Bonchev–Trinajstić information content (AvgIpc) is 3.66. The van der Waals surface area contributed by atoms with Crippen LogP contribution in [0, 0.1) is 11.7 Å². The van der Waals surface area contributed by atoms with Crippen LogP contribution in [0.5, 0.6) is 0 Å². The molecule has 206 valence electrons. The first-order valence-electron chi connectivity index (χ1n) is 13.6. The fraction of sp³-hybridized carbons (Fsp3) is 0.387. The molecule has 6 nitrogen and oxygen atoms in total. The Morgan fingerprint density at radius 3 is 2.10 bits per heavy atom. The summed E-state index contributed by atoms with van der Waals surface area (Å²) in [4.78, 5) is 16.0. The molecular weight excluding hydrogens is 513 g/mol. The van der Waals surface area contributed by atoms with Gasteiger partial charge in [0, 0.05) is 26.2 Å². The maximum absolute atomic E-state index is 13.6. The minimum Gasteiger partial charge on any atom is -0.355 e. The zero-order valence-corrected chi connectivity index (χ0v) is 23.1. The van der Waals surface area contributed by atoms with Crippen molar-refractivity contribution in [1.29, 1.82) is 0 Å². The largest absolute Gasteiger partial charge is 0.355 e. The number of benzene rings is 3. The number of amides is 1. The van der Waals surface area contributed by atoms with Gasteiger partial charge < -0.3 is 10.2 Å². The zero-order chi connectivity index (χ0) is 27.5. The van der Waals surface area contributed by atoms with Gasteiger partial charge in [0.1, 0.15) is 5.82 Å². The van der Waals surface area contributed by atoms with E-state index in [1.54, 1.807) is 12.1 Å². The van der Waals surface area contributed by atoms with Crippen LogP contribution < -0.4 is 10.0 Å². The van der Waals surface area contributed by atoms with Crippen LogP contribution in [0.1, 0.15) is 36.0 Å². The van der Waals surface area contributed by atoms with Crippen molar-refractivity contribution in [2.45, 2.75) is 36.6 Å². The number of nitrogens with one attached hydrogen (secondary N) is 2. The van der Waals surface area contributed by atoms with Gasteiger partial charge in [-0.1, -0.05) is 72.8 Å². The van der Waals surface area contributed by atoms with Crippen molar-refractivity contribution in [3.63, 3.8) is 0 Å². The Labute approximate surface area is 230 Å². The highest BCUT2D eigenvalue weighted by molar-refractivity contribution is 7.88. The minimum absolute atomic E-state index is 0.0372. The SMILES string of the molecule is CS(=O)(=O)NC1(c2ccccc2)CCN(CC2CC2(C(=O)NCCc2ccc(F)cc2)c2ccccc2)CC1. The van der Waals surface area contributed by atoms with Crippen LogP contribution >= 0.6 is 0 Å². The van der Waals surface area contributed by atoms with Gasteiger partial charge in [0.25, 0.3) is 0 Å². The van der Waals surface area contributed by atoms with E-state index in [9.17, 15) is 17.6 Å². The van der Waals surface area contributed by atoms with Gasteiger partial charge in [0.15, 0.2) is 0 Å². The number of hydrogen-bond donors (Lipinski definition) is 2. The molecule has 0 aromatic heterocycles. The number of carbonyl (C=O) groups excluding carboxylic acids is 1. The maximum Gasteiger partial charge on any atom is 0.231 e. The topological polar surface area (TPSA) is 78.5 Å². The molecule has 3 aromatic carbocycles. The Morgan fingerprint density at radius 1 is 0.923 bits per heavy atom. The standard InChI is InChI=1S/C31H36FN3O3S/c1-39(37,38)34-30(25-8-4-2-5-9-25)17-20-35(21-18-30)23-27-22-31(27,26-10-6-3-7-11-26)29(36)33-19-16-24-12-14-28(32)15-13-24/h2-15,27,34H,16-23H2,1H3,(H,33,36).